The SMILES string of the molecule is OC1CCCCc2c1cccc2C1C(Cl)CC(Cl)C1Cc1cccc(CCOP(O)O)c1. The molecule has 1 fully saturated rings. The van der Waals surface area contributed by atoms with Gasteiger partial charge in [-0.25, -0.2) is 0 Å². The third-order valence-electron chi connectivity index (χ3n) is 6.95. The summed E-state index contributed by atoms with van der Waals surface area (Å²) >= 11 is 13.8. The number of hydrogen-bond donors (Lipinski definition) is 3. The van der Waals surface area contributed by atoms with Crippen LogP contribution in [0.4, 0.5) is 0 Å². The highest BCUT2D eigenvalue weighted by Gasteiger charge is 2.43. The summed E-state index contributed by atoms with van der Waals surface area (Å²) in [6.07, 6.45) is 5.75. The monoisotopic (exact) mass is 496 g/mol. The summed E-state index contributed by atoms with van der Waals surface area (Å²) in [7, 11) is -2.32. The third-order valence-corrected chi connectivity index (χ3v) is 8.31. The molecule has 7 heteroatoms. The molecule has 2 aliphatic carbocycles. The van der Waals surface area contributed by atoms with Gasteiger partial charge in [-0.1, -0.05) is 48.9 Å². The van der Waals surface area contributed by atoms with Crippen molar-refractivity contribution in [2.75, 3.05) is 6.61 Å². The number of alkyl halides is 2. The van der Waals surface area contributed by atoms with Crippen molar-refractivity contribution < 1.29 is 19.4 Å². The molecule has 2 aromatic rings. The van der Waals surface area contributed by atoms with Crippen LogP contribution in [-0.4, -0.2) is 32.3 Å². The van der Waals surface area contributed by atoms with Crippen molar-refractivity contribution in [2.24, 2.45) is 5.92 Å². The quantitative estimate of drug-likeness (QED) is 0.258. The molecule has 5 unspecified atom stereocenters. The molecule has 2 aromatic carbocycles. The van der Waals surface area contributed by atoms with Crippen LogP contribution in [0.2, 0.25) is 0 Å². The molecule has 2 aliphatic rings. The van der Waals surface area contributed by atoms with E-state index >= 15 is 0 Å². The Labute approximate surface area is 201 Å². The van der Waals surface area contributed by atoms with Gasteiger partial charge < -0.3 is 19.4 Å². The summed E-state index contributed by atoms with van der Waals surface area (Å²) < 4.78 is 4.91. The van der Waals surface area contributed by atoms with Gasteiger partial charge in [-0.3, -0.25) is 0 Å². The lowest BCUT2D eigenvalue weighted by molar-refractivity contribution is 0.166. The van der Waals surface area contributed by atoms with E-state index in [9.17, 15) is 5.11 Å². The molecule has 32 heavy (non-hydrogen) atoms. The molecule has 4 rings (SSSR count). The lowest BCUT2D eigenvalue weighted by Gasteiger charge is -2.28. The summed E-state index contributed by atoms with van der Waals surface area (Å²) in [6, 6.07) is 14.6. The molecule has 0 aromatic heterocycles. The van der Waals surface area contributed by atoms with Crippen LogP contribution in [0, 0.1) is 5.92 Å². The second-order valence-corrected chi connectivity index (χ2v) is 10.9. The van der Waals surface area contributed by atoms with E-state index < -0.39 is 14.7 Å². The number of aliphatic hydroxyl groups excluding tert-OH is 1. The molecule has 0 bridgehead atoms. The van der Waals surface area contributed by atoms with E-state index in [1.165, 1.54) is 16.7 Å². The third kappa shape index (κ3) is 5.67. The molecular weight excluding hydrogens is 466 g/mol. The van der Waals surface area contributed by atoms with Crippen LogP contribution in [0.15, 0.2) is 42.5 Å². The van der Waals surface area contributed by atoms with Gasteiger partial charge in [0, 0.05) is 16.7 Å². The summed E-state index contributed by atoms with van der Waals surface area (Å²) in [5.74, 6) is 0.360. The minimum atomic E-state index is -2.32. The van der Waals surface area contributed by atoms with Crippen LogP contribution >= 0.6 is 31.8 Å². The maximum absolute atomic E-state index is 10.7. The number of fused-ring (bicyclic) bond motifs is 1. The normalized spacial score (nSPS) is 28.0. The van der Waals surface area contributed by atoms with Crippen LogP contribution in [0.25, 0.3) is 0 Å². The Morgan fingerprint density at radius 3 is 2.53 bits per heavy atom. The summed E-state index contributed by atoms with van der Waals surface area (Å²) in [5, 5.41) is 10.6. The van der Waals surface area contributed by atoms with Gasteiger partial charge in [0.2, 0.25) is 0 Å². The van der Waals surface area contributed by atoms with Crippen molar-refractivity contribution in [3.05, 3.63) is 70.3 Å². The van der Waals surface area contributed by atoms with Crippen molar-refractivity contribution in [3.63, 3.8) is 0 Å². The smallest absolute Gasteiger partial charge is 0.327 e. The number of halogens is 2. The molecule has 0 radical (unpaired) electrons. The number of rotatable bonds is 7. The average molecular weight is 497 g/mol. The van der Waals surface area contributed by atoms with Crippen molar-refractivity contribution >= 4 is 31.8 Å². The number of benzene rings is 2. The predicted molar refractivity (Wildman–Crippen MR) is 130 cm³/mol. The van der Waals surface area contributed by atoms with E-state index in [0.29, 0.717) is 6.42 Å². The molecule has 0 heterocycles. The first-order chi connectivity index (χ1) is 15.4. The Morgan fingerprint density at radius 1 is 0.969 bits per heavy atom. The van der Waals surface area contributed by atoms with Crippen LogP contribution in [0.5, 0.6) is 0 Å². The fourth-order valence-corrected chi connectivity index (χ4v) is 6.77. The van der Waals surface area contributed by atoms with Gasteiger partial charge in [0.05, 0.1) is 12.7 Å². The van der Waals surface area contributed by atoms with Gasteiger partial charge in [-0.2, -0.15) is 0 Å². The highest BCUT2D eigenvalue weighted by atomic mass is 35.5. The average Bonchev–Trinajstić information content (AvgIpc) is 2.91. The van der Waals surface area contributed by atoms with Crippen molar-refractivity contribution in [2.45, 2.75) is 67.7 Å². The Bertz CT molecular complexity index is 909. The van der Waals surface area contributed by atoms with Gasteiger partial charge in [-0.05, 0) is 72.3 Å². The van der Waals surface area contributed by atoms with Gasteiger partial charge >= 0.3 is 8.60 Å². The maximum atomic E-state index is 10.7. The fourth-order valence-electron chi connectivity index (χ4n) is 5.47. The van der Waals surface area contributed by atoms with Crippen LogP contribution < -0.4 is 0 Å². The first-order valence-electron chi connectivity index (χ1n) is 11.4. The molecule has 5 atom stereocenters. The van der Waals surface area contributed by atoms with Crippen molar-refractivity contribution in [1.82, 2.24) is 0 Å². The van der Waals surface area contributed by atoms with Gasteiger partial charge in [0.15, 0.2) is 0 Å². The minimum Gasteiger partial charge on any atom is -0.388 e. The standard InChI is InChI=1S/C25H31Cl2O4P/c26-22-15-23(27)25(20-9-4-8-19-18(20)7-1-2-10-24(19)28)21(22)14-17-6-3-5-16(13-17)11-12-31-32(29)30/h3-6,8-9,13,21-25,28-30H,1-2,7,10-12,14-15H2. The highest BCUT2D eigenvalue weighted by molar-refractivity contribution is 7.39. The molecule has 0 aliphatic heterocycles. The molecule has 1 saturated carbocycles. The van der Waals surface area contributed by atoms with E-state index in [0.717, 1.165) is 49.7 Å². The topological polar surface area (TPSA) is 69.9 Å². The van der Waals surface area contributed by atoms with E-state index in [2.05, 4.69) is 30.3 Å². The second-order valence-electron chi connectivity index (χ2n) is 8.99. The fraction of sp³-hybridized carbons (Fsp3) is 0.520. The lowest BCUT2D eigenvalue weighted by Crippen LogP contribution is -2.21. The van der Waals surface area contributed by atoms with Crippen LogP contribution in [-0.2, 0) is 23.8 Å². The molecule has 0 spiro atoms. The van der Waals surface area contributed by atoms with Gasteiger partial charge in [-0.15, -0.1) is 23.2 Å². The van der Waals surface area contributed by atoms with Crippen LogP contribution in [0.1, 0.15) is 65.5 Å². The molecular formula is C25H31Cl2O4P. The zero-order valence-corrected chi connectivity index (χ0v) is 20.4. The number of hydrogen-bond acceptors (Lipinski definition) is 4. The summed E-state index contributed by atoms with van der Waals surface area (Å²) in [5.41, 5.74) is 5.90. The predicted octanol–water partition coefficient (Wildman–Crippen LogP) is 5.78. The first-order valence-corrected chi connectivity index (χ1v) is 13.4. The first kappa shape index (κ1) is 24.4. The van der Waals surface area contributed by atoms with Gasteiger partial charge in [0.1, 0.15) is 0 Å². The van der Waals surface area contributed by atoms with Crippen molar-refractivity contribution in [1.29, 1.82) is 0 Å². The highest BCUT2D eigenvalue weighted by Crippen LogP contribution is 2.49. The largest absolute Gasteiger partial charge is 0.388 e. The van der Waals surface area contributed by atoms with E-state index in [-0.39, 0.29) is 29.2 Å². The van der Waals surface area contributed by atoms with Crippen molar-refractivity contribution in [3.8, 4) is 0 Å². The second kappa shape index (κ2) is 11.1. The van der Waals surface area contributed by atoms with E-state index in [1.807, 2.05) is 12.1 Å². The molecule has 3 N–H and O–H groups in total. The zero-order chi connectivity index (χ0) is 22.7. The zero-order valence-electron chi connectivity index (χ0n) is 18.0. The molecule has 4 nitrogen and oxygen atoms in total. The maximum Gasteiger partial charge on any atom is 0.327 e. The van der Waals surface area contributed by atoms with Crippen LogP contribution in [0.3, 0.4) is 0 Å². The Morgan fingerprint density at radius 2 is 1.72 bits per heavy atom. The molecule has 0 saturated heterocycles. The Balaban J connectivity index is 1.58. The van der Waals surface area contributed by atoms with E-state index in [4.69, 9.17) is 37.5 Å². The summed E-state index contributed by atoms with van der Waals surface area (Å²) in [4.78, 5) is 17.9. The number of aliphatic hydroxyl groups is 1. The Hall–Kier alpha value is -0.710. The Kier molecular flexibility index (Phi) is 8.50. The molecule has 0 amide bonds. The van der Waals surface area contributed by atoms with Gasteiger partial charge in [0.25, 0.3) is 0 Å². The minimum absolute atomic E-state index is 0.00613. The molecule has 174 valence electrons. The van der Waals surface area contributed by atoms with E-state index in [1.54, 1.807) is 0 Å². The lowest BCUT2D eigenvalue weighted by atomic mass is 9.80. The summed E-state index contributed by atoms with van der Waals surface area (Å²) in [6.45, 7) is 0.272.